The third-order valence-electron chi connectivity index (χ3n) is 1.97. The lowest BCUT2D eigenvalue weighted by Gasteiger charge is -2.06. The van der Waals surface area contributed by atoms with E-state index in [2.05, 4.69) is 15.0 Å². The van der Waals surface area contributed by atoms with Crippen LogP contribution in [-0.4, -0.2) is 33.6 Å². The second kappa shape index (κ2) is 5.31. The molecule has 0 spiro atoms. The predicted molar refractivity (Wildman–Crippen MR) is 61.5 cm³/mol. The summed E-state index contributed by atoms with van der Waals surface area (Å²) in [6.45, 7) is -1.39. The molecule has 0 bridgehead atoms. The Kier molecular flexibility index (Phi) is 3.74. The van der Waals surface area contributed by atoms with Crippen LogP contribution in [0.4, 0.5) is 13.2 Å². The normalized spacial score (nSPS) is 11.3. The highest BCUT2D eigenvalue weighted by molar-refractivity contribution is 7.13. The predicted octanol–water partition coefficient (Wildman–Crippen LogP) is 1.89. The number of aromatic nitrogens is 3. The van der Waals surface area contributed by atoms with Crippen molar-refractivity contribution in [2.24, 2.45) is 0 Å². The molecule has 0 aromatic carbocycles. The van der Waals surface area contributed by atoms with Gasteiger partial charge in [0.25, 0.3) is 5.91 Å². The lowest BCUT2D eigenvalue weighted by molar-refractivity contribution is -0.123. The molecule has 1 amide bonds. The van der Waals surface area contributed by atoms with Gasteiger partial charge in [-0.15, -0.1) is 11.3 Å². The first-order chi connectivity index (χ1) is 8.96. The zero-order valence-corrected chi connectivity index (χ0v) is 10.1. The van der Waals surface area contributed by atoms with Crippen LogP contribution in [0, 0.1) is 0 Å². The molecule has 0 atom stereocenters. The van der Waals surface area contributed by atoms with Gasteiger partial charge >= 0.3 is 6.18 Å². The fourth-order valence-electron chi connectivity index (χ4n) is 1.18. The molecule has 0 saturated heterocycles. The van der Waals surface area contributed by atoms with Gasteiger partial charge in [0, 0.05) is 17.8 Å². The van der Waals surface area contributed by atoms with Gasteiger partial charge in [-0.25, -0.2) is 4.98 Å². The highest BCUT2D eigenvalue weighted by Crippen LogP contribution is 2.20. The molecule has 9 heteroatoms. The van der Waals surface area contributed by atoms with Gasteiger partial charge in [-0.2, -0.15) is 13.2 Å². The van der Waals surface area contributed by atoms with Crippen LogP contribution in [-0.2, 0) is 0 Å². The van der Waals surface area contributed by atoms with Gasteiger partial charge in [0.1, 0.15) is 22.9 Å². The van der Waals surface area contributed by atoms with Gasteiger partial charge in [-0.05, 0) is 0 Å². The Hall–Kier alpha value is -2.03. The largest absolute Gasteiger partial charge is 0.405 e. The summed E-state index contributed by atoms with van der Waals surface area (Å²) in [4.78, 5) is 23.2. The Morgan fingerprint density at radius 2 is 2.16 bits per heavy atom. The number of carbonyl (C=O) groups excluding carboxylic acids is 1. The van der Waals surface area contributed by atoms with Gasteiger partial charge in [-0.3, -0.25) is 14.8 Å². The van der Waals surface area contributed by atoms with E-state index in [0.29, 0.717) is 10.7 Å². The molecular formula is C10H7F3N4OS. The second-order valence-corrected chi connectivity index (χ2v) is 4.28. The summed E-state index contributed by atoms with van der Waals surface area (Å²) in [5.74, 6) is -0.872. The summed E-state index contributed by atoms with van der Waals surface area (Å²) in [5, 5.41) is 3.54. The Bertz CT molecular complexity index is 570. The molecule has 0 radical (unpaired) electrons. The summed E-state index contributed by atoms with van der Waals surface area (Å²) in [5.41, 5.74) is 0.386. The number of halogens is 3. The lowest BCUT2D eigenvalue weighted by atomic mass is 10.4. The van der Waals surface area contributed by atoms with Gasteiger partial charge in [0.15, 0.2) is 0 Å². The fourth-order valence-corrected chi connectivity index (χ4v) is 1.94. The van der Waals surface area contributed by atoms with Gasteiger partial charge in [-0.1, -0.05) is 0 Å². The average Bonchev–Trinajstić information content (AvgIpc) is 2.86. The fraction of sp³-hybridized carbons (Fsp3) is 0.200. The van der Waals surface area contributed by atoms with E-state index in [4.69, 9.17) is 0 Å². The third kappa shape index (κ3) is 3.71. The van der Waals surface area contributed by atoms with E-state index in [0.717, 1.165) is 11.3 Å². The molecule has 0 aliphatic rings. The Labute approximate surface area is 109 Å². The number of nitrogens with zero attached hydrogens (tertiary/aromatic N) is 3. The molecule has 19 heavy (non-hydrogen) atoms. The maximum Gasteiger partial charge on any atom is 0.405 e. The lowest BCUT2D eigenvalue weighted by Crippen LogP contribution is -2.33. The minimum atomic E-state index is -4.45. The molecule has 2 aromatic rings. The number of carbonyl (C=O) groups is 1. The number of thiazole rings is 1. The van der Waals surface area contributed by atoms with Crippen LogP contribution in [0.2, 0.25) is 0 Å². The van der Waals surface area contributed by atoms with Crippen molar-refractivity contribution in [2.45, 2.75) is 6.18 Å². The molecule has 5 nitrogen and oxygen atoms in total. The van der Waals surface area contributed by atoms with Crippen molar-refractivity contribution in [3.05, 3.63) is 29.7 Å². The first-order valence-corrected chi connectivity index (χ1v) is 5.90. The topological polar surface area (TPSA) is 67.8 Å². The van der Waals surface area contributed by atoms with Crippen molar-refractivity contribution in [3.63, 3.8) is 0 Å². The Morgan fingerprint density at radius 3 is 2.79 bits per heavy atom. The van der Waals surface area contributed by atoms with Gasteiger partial charge in [0.05, 0.1) is 6.20 Å². The minimum absolute atomic E-state index is 0.0742. The van der Waals surface area contributed by atoms with Crippen LogP contribution in [0.15, 0.2) is 24.0 Å². The molecule has 0 aliphatic heterocycles. The summed E-state index contributed by atoms with van der Waals surface area (Å²) in [6.07, 6.45) is -0.0517. The monoisotopic (exact) mass is 288 g/mol. The van der Waals surface area contributed by atoms with Crippen molar-refractivity contribution in [1.82, 2.24) is 20.3 Å². The van der Waals surface area contributed by atoms with E-state index in [1.165, 1.54) is 24.0 Å². The van der Waals surface area contributed by atoms with Crippen molar-refractivity contribution in [2.75, 3.05) is 6.54 Å². The molecule has 1 N–H and O–H groups in total. The van der Waals surface area contributed by atoms with Crippen LogP contribution < -0.4 is 5.32 Å². The van der Waals surface area contributed by atoms with Crippen LogP contribution in [0.1, 0.15) is 10.5 Å². The van der Waals surface area contributed by atoms with Gasteiger partial charge in [0.2, 0.25) is 0 Å². The molecule has 0 fully saturated rings. The first-order valence-electron chi connectivity index (χ1n) is 5.02. The average molecular weight is 288 g/mol. The SMILES string of the molecule is O=C(NCC(F)(F)F)c1csc(-c2cnccn2)n1. The smallest absolute Gasteiger partial charge is 0.342 e. The van der Waals surface area contributed by atoms with E-state index in [9.17, 15) is 18.0 Å². The number of hydrogen-bond donors (Lipinski definition) is 1. The van der Waals surface area contributed by atoms with E-state index < -0.39 is 18.6 Å². The maximum absolute atomic E-state index is 12.0. The molecule has 2 rings (SSSR count). The second-order valence-electron chi connectivity index (χ2n) is 3.43. The quantitative estimate of drug-likeness (QED) is 0.936. The van der Waals surface area contributed by atoms with E-state index in [1.807, 2.05) is 0 Å². The number of rotatable bonds is 3. The van der Waals surface area contributed by atoms with E-state index in [1.54, 1.807) is 5.32 Å². The van der Waals surface area contributed by atoms with Crippen LogP contribution in [0.3, 0.4) is 0 Å². The molecule has 0 unspecified atom stereocenters. The molecular weight excluding hydrogens is 281 g/mol. The standard InChI is InChI=1S/C10H7F3N4OS/c11-10(12,13)5-16-8(18)7-4-19-9(17-7)6-3-14-1-2-15-6/h1-4H,5H2,(H,16,18). The summed E-state index contributed by atoms with van der Waals surface area (Å²) in [6, 6.07) is 0. The third-order valence-corrected chi connectivity index (χ3v) is 2.83. The number of alkyl halides is 3. The Morgan fingerprint density at radius 1 is 1.37 bits per heavy atom. The van der Waals surface area contributed by atoms with Gasteiger partial charge < -0.3 is 5.32 Å². The minimum Gasteiger partial charge on any atom is -0.342 e. The molecule has 0 aliphatic carbocycles. The molecule has 2 heterocycles. The van der Waals surface area contributed by atoms with E-state index in [-0.39, 0.29) is 5.69 Å². The highest BCUT2D eigenvalue weighted by atomic mass is 32.1. The number of nitrogens with one attached hydrogen (secondary N) is 1. The first kappa shape index (κ1) is 13.4. The molecule has 100 valence electrons. The molecule has 2 aromatic heterocycles. The van der Waals surface area contributed by atoms with E-state index >= 15 is 0 Å². The van der Waals surface area contributed by atoms with Crippen LogP contribution in [0.25, 0.3) is 10.7 Å². The molecule has 0 saturated carbocycles. The Balaban J connectivity index is 2.07. The van der Waals surface area contributed by atoms with Crippen molar-refractivity contribution in [1.29, 1.82) is 0 Å². The van der Waals surface area contributed by atoms with Crippen molar-refractivity contribution < 1.29 is 18.0 Å². The number of amides is 1. The van der Waals surface area contributed by atoms with Crippen molar-refractivity contribution >= 4 is 17.2 Å². The maximum atomic E-state index is 12.0. The summed E-state index contributed by atoms with van der Waals surface area (Å²) < 4.78 is 35.9. The van der Waals surface area contributed by atoms with Crippen LogP contribution >= 0.6 is 11.3 Å². The highest BCUT2D eigenvalue weighted by Gasteiger charge is 2.28. The zero-order chi connectivity index (χ0) is 13.9. The zero-order valence-electron chi connectivity index (χ0n) is 9.31. The van der Waals surface area contributed by atoms with Crippen LogP contribution in [0.5, 0.6) is 0 Å². The van der Waals surface area contributed by atoms with Crippen molar-refractivity contribution in [3.8, 4) is 10.7 Å². The number of hydrogen-bond acceptors (Lipinski definition) is 5. The summed E-state index contributed by atoms with van der Waals surface area (Å²) in [7, 11) is 0. The summed E-state index contributed by atoms with van der Waals surface area (Å²) >= 11 is 1.11.